The first-order chi connectivity index (χ1) is 13.7. The second kappa shape index (κ2) is 10.2. The zero-order valence-corrected chi connectivity index (χ0v) is 16.1. The van der Waals surface area contributed by atoms with Crippen molar-refractivity contribution in [2.75, 3.05) is 39.6 Å². The van der Waals surface area contributed by atoms with Crippen molar-refractivity contribution in [2.24, 2.45) is 0 Å². The van der Waals surface area contributed by atoms with Crippen LogP contribution in [0.1, 0.15) is 17.0 Å². The average molecular weight is 404 g/mol. The summed E-state index contributed by atoms with van der Waals surface area (Å²) in [5.74, 6) is 0.0381. The third-order valence-electron chi connectivity index (χ3n) is 4.45. The molecule has 1 amide bonds. The summed E-state index contributed by atoms with van der Waals surface area (Å²) in [7, 11) is 0. The minimum atomic E-state index is -0.545. The van der Waals surface area contributed by atoms with Crippen molar-refractivity contribution in [2.45, 2.75) is 5.92 Å². The molecule has 0 saturated heterocycles. The van der Waals surface area contributed by atoms with Crippen LogP contribution in [-0.4, -0.2) is 50.9 Å². The lowest BCUT2D eigenvalue weighted by Gasteiger charge is -2.14. The Balaban J connectivity index is 1.39. The molecule has 2 aromatic rings. The van der Waals surface area contributed by atoms with Crippen LogP contribution in [0.2, 0.25) is 0 Å². The van der Waals surface area contributed by atoms with Crippen molar-refractivity contribution >= 4 is 22.9 Å². The number of carbonyl (C=O) groups is 2. The summed E-state index contributed by atoms with van der Waals surface area (Å²) >= 11 is 5.14. The van der Waals surface area contributed by atoms with E-state index in [9.17, 15) is 9.59 Å². The number of carbonyl (C=O) groups excluding carboxylic acids is 2. The molecular weight excluding hydrogens is 382 g/mol. The SMILES string of the molecule is O=C(Cl)COCCOCCNC(=O)OCC1c2ccccc2-c2ccccc21. The summed E-state index contributed by atoms with van der Waals surface area (Å²) in [5.41, 5.74) is 4.74. The number of halogens is 1. The van der Waals surface area contributed by atoms with E-state index in [4.69, 9.17) is 25.8 Å². The van der Waals surface area contributed by atoms with Gasteiger partial charge in [0, 0.05) is 12.5 Å². The molecule has 1 aliphatic carbocycles. The quantitative estimate of drug-likeness (QED) is 0.486. The van der Waals surface area contributed by atoms with Gasteiger partial charge in [-0.1, -0.05) is 48.5 Å². The zero-order valence-electron chi connectivity index (χ0n) is 15.4. The highest BCUT2D eigenvalue weighted by molar-refractivity contribution is 6.63. The fourth-order valence-electron chi connectivity index (χ4n) is 3.25. The Morgan fingerprint density at radius 2 is 1.50 bits per heavy atom. The van der Waals surface area contributed by atoms with Crippen molar-refractivity contribution < 1.29 is 23.8 Å². The molecule has 3 rings (SSSR count). The summed E-state index contributed by atoms with van der Waals surface area (Å²) < 4.78 is 15.7. The van der Waals surface area contributed by atoms with E-state index < -0.39 is 11.3 Å². The van der Waals surface area contributed by atoms with E-state index in [1.807, 2.05) is 24.3 Å². The van der Waals surface area contributed by atoms with E-state index in [1.165, 1.54) is 22.3 Å². The summed E-state index contributed by atoms with van der Waals surface area (Å²) in [5, 5.41) is 2.12. The predicted octanol–water partition coefficient (Wildman–Crippen LogP) is 3.32. The van der Waals surface area contributed by atoms with E-state index in [1.54, 1.807) is 0 Å². The Morgan fingerprint density at radius 1 is 0.893 bits per heavy atom. The molecular formula is C21H22ClNO5. The van der Waals surface area contributed by atoms with Gasteiger partial charge < -0.3 is 19.5 Å². The van der Waals surface area contributed by atoms with Crippen molar-refractivity contribution in [3.05, 3.63) is 59.7 Å². The fourth-order valence-corrected chi connectivity index (χ4v) is 3.32. The van der Waals surface area contributed by atoms with Gasteiger partial charge in [0.25, 0.3) is 0 Å². The summed E-state index contributed by atoms with van der Waals surface area (Å²) in [4.78, 5) is 22.5. The lowest BCUT2D eigenvalue weighted by Crippen LogP contribution is -2.29. The highest BCUT2D eigenvalue weighted by atomic mass is 35.5. The minimum Gasteiger partial charge on any atom is -0.449 e. The van der Waals surface area contributed by atoms with Gasteiger partial charge >= 0.3 is 6.09 Å². The van der Waals surface area contributed by atoms with Crippen molar-refractivity contribution in [1.82, 2.24) is 5.32 Å². The first kappa shape index (κ1) is 20.3. The molecule has 0 saturated carbocycles. The molecule has 0 spiro atoms. The molecule has 0 radical (unpaired) electrons. The number of nitrogens with one attached hydrogen (secondary N) is 1. The van der Waals surface area contributed by atoms with Gasteiger partial charge in [0.1, 0.15) is 13.2 Å². The predicted molar refractivity (Wildman–Crippen MR) is 106 cm³/mol. The third kappa shape index (κ3) is 5.32. The molecule has 1 aliphatic rings. The number of rotatable bonds is 10. The smallest absolute Gasteiger partial charge is 0.407 e. The van der Waals surface area contributed by atoms with Crippen molar-refractivity contribution in [3.63, 3.8) is 0 Å². The fraction of sp³-hybridized carbons (Fsp3) is 0.333. The van der Waals surface area contributed by atoms with Crippen LogP contribution in [0.25, 0.3) is 11.1 Å². The number of ether oxygens (including phenoxy) is 3. The summed E-state index contributed by atoms with van der Waals surface area (Å²) in [6.45, 7) is 1.37. The number of amides is 1. The number of fused-ring (bicyclic) bond motifs is 3. The zero-order chi connectivity index (χ0) is 19.8. The Kier molecular flexibility index (Phi) is 7.42. The summed E-state index contributed by atoms with van der Waals surface area (Å²) in [6.07, 6.45) is -0.477. The number of hydrogen-bond donors (Lipinski definition) is 1. The van der Waals surface area contributed by atoms with E-state index in [0.29, 0.717) is 19.8 Å². The van der Waals surface area contributed by atoms with Gasteiger partial charge in [-0.2, -0.15) is 0 Å². The molecule has 0 atom stereocenters. The maximum absolute atomic E-state index is 12.0. The van der Waals surface area contributed by atoms with E-state index >= 15 is 0 Å². The first-order valence-electron chi connectivity index (χ1n) is 9.09. The van der Waals surface area contributed by atoms with Gasteiger partial charge in [-0.3, -0.25) is 4.79 Å². The third-order valence-corrected chi connectivity index (χ3v) is 4.56. The van der Waals surface area contributed by atoms with Gasteiger partial charge in [-0.15, -0.1) is 0 Å². The molecule has 0 aliphatic heterocycles. The van der Waals surface area contributed by atoms with Gasteiger partial charge in [-0.25, -0.2) is 4.79 Å². The van der Waals surface area contributed by atoms with Crippen molar-refractivity contribution in [3.8, 4) is 11.1 Å². The van der Waals surface area contributed by atoms with Crippen LogP contribution in [0.5, 0.6) is 0 Å². The van der Waals surface area contributed by atoms with E-state index in [-0.39, 0.29) is 25.7 Å². The van der Waals surface area contributed by atoms with Crippen molar-refractivity contribution in [1.29, 1.82) is 0 Å². The largest absolute Gasteiger partial charge is 0.449 e. The molecule has 28 heavy (non-hydrogen) atoms. The number of alkyl carbamates (subject to hydrolysis) is 1. The maximum atomic E-state index is 12.0. The lowest BCUT2D eigenvalue weighted by molar-refractivity contribution is -0.116. The minimum absolute atomic E-state index is 0.0381. The first-order valence-corrected chi connectivity index (χ1v) is 9.47. The van der Waals surface area contributed by atoms with Crippen LogP contribution in [0.15, 0.2) is 48.5 Å². The molecule has 0 aromatic heterocycles. The Hall–Kier alpha value is -2.41. The molecule has 148 valence electrons. The van der Waals surface area contributed by atoms with Gasteiger partial charge in [0.2, 0.25) is 5.24 Å². The molecule has 0 fully saturated rings. The van der Waals surface area contributed by atoms with Crippen LogP contribution in [0.4, 0.5) is 4.79 Å². The van der Waals surface area contributed by atoms with Crippen LogP contribution in [0.3, 0.4) is 0 Å². The normalized spacial score (nSPS) is 12.3. The highest BCUT2D eigenvalue weighted by Gasteiger charge is 2.28. The molecule has 0 unspecified atom stereocenters. The average Bonchev–Trinajstić information content (AvgIpc) is 3.02. The van der Waals surface area contributed by atoms with E-state index in [0.717, 1.165) is 0 Å². The van der Waals surface area contributed by atoms with E-state index in [2.05, 4.69) is 29.6 Å². The van der Waals surface area contributed by atoms with Gasteiger partial charge in [0.05, 0.1) is 19.8 Å². The number of benzene rings is 2. The van der Waals surface area contributed by atoms with Gasteiger partial charge in [-0.05, 0) is 33.9 Å². The van der Waals surface area contributed by atoms with Crippen LogP contribution < -0.4 is 5.32 Å². The Labute approximate surface area is 168 Å². The molecule has 1 N–H and O–H groups in total. The van der Waals surface area contributed by atoms with Gasteiger partial charge in [0.15, 0.2) is 0 Å². The maximum Gasteiger partial charge on any atom is 0.407 e. The van der Waals surface area contributed by atoms with Crippen LogP contribution in [-0.2, 0) is 19.0 Å². The molecule has 7 heteroatoms. The molecule has 6 nitrogen and oxygen atoms in total. The second-order valence-electron chi connectivity index (χ2n) is 6.27. The second-order valence-corrected chi connectivity index (χ2v) is 6.69. The number of hydrogen-bond acceptors (Lipinski definition) is 5. The monoisotopic (exact) mass is 403 g/mol. The molecule has 0 heterocycles. The molecule has 2 aromatic carbocycles. The Bertz CT molecular complexity index is 780. The lowest BCUT2D eigenvalue weighted by atomic mass is 9.98. The van der Waals surface area contributed by atoms with Crippen LogP contribution >= 0.6 is 11.6 Å². The molecule has 0 bridgehead atoms. The summed E-state index contributed by atoms with van der Waals surface area (Å²) in [6, 6.07) is 16.4. The standard InChI is InChI=1S/C21H22ClNO5/c22-20(24)14-27-12-11-26-10-9-23-21(25)28-13-19-17-7-3-1-5-15(17)16-6-2-4-8-18(16)19/h1-8,19H,9-14H2,(H,23,25). The topological polar surface area (TPSA) is 73.9 Å². The highest BCUT2D eigenvalue weighted by Crippen LogP contribution is 2.44. The van der Waals surface area contributed by atoms with Crippen LogP contribution in [0, 0.1) is 0 Å². The Morgan fingerprint density at radius 3 is 2.14 bits per heavy atom.